The van der Waals surface area contributed by atoms with Crippen LogP contribution >= 0.6 is 11.8 Å². The van der Waals surface area contributed by atoms with Crippen molar-refractivity contribution in [2.24, 2.45) is 0 Å². The Hall–Kier alpha value is -3.06. The van der Waals surface area contributed by atoms with Gasteiger partial charge in [0.15, 0.2) is 5.69 Å². The van der Waals surface area contributed by atoms with Crippen LogP contribution in [-0.4, -0.2) is 37.5 Å². The van der Waals surface area contributed by atoms with Crippen LogP contribution in [-0.2, 0) is 6.54 Å². The van der Waals surface area contributed by atoms with Crippen molar-refractivity contribution in [1.82, 2.24) is 9.55 Å². The average Bonchev–Trinajstić information content (AvgIpc) is 3.12. The zero-order chi connectivity index (χ0) is 22.5. The number of aromatic nitrogens is 2. The van der Waals surface area contributed by atoms with Crippen molar-refractivity contribution in [2.75, 3.05) is 5.75 Å². The van der Waals surface area contributed by atoms with Gasteiger partial charge in [0.2, 0.25) is 0 Å². The zero-order valence-corrected chi connectivity index (χ0v) is 18.6. The molecule has 1 aromatic heterocycles. The lowest BCUT2D eigenvalue weighted by Crippen LogP contribution is -2.14. The molecular weight excluding hydrogens is 412 g/mol. The maximum atomic E-state index is 12.0. The van der Waals surface area contributed by atoms with Crippen molar-refractivity contribution < 1.29 is 19.8 Å². The normalized spacial score (nSPS) is 12.0. The van der Waals surface area contributed by atoms with E-state index in [1.165, 1.54) is 11.8 Å². The van der Waals surface area contributed by atoms with E-state index < -0.39 is 11.9 Å². The van der Waals surface area contributed by atoms with Crippen molar-refractivity contribution in [1.29, 1.82) is 0 Å². The molecule has 0 fully saturated rings. The molecule has 0 spiro atoms. The molecule has 0 amide bonds. The Morgan fingerprint density at radius 3 is 2.29 bits per heavy atom. The molecule has 0 radical (unpaired) electrons. The van der Waals surface area contributed by atoms with Crippen molar-refractivity contribution in [2.45, 2.75) is 44.7 Å². The van der Waals surface area contributed by atoms with Gasteiger partial charge in [0.25, 0.3) is 0 Å². The van der Waals surface area contributed by atoms with Gasteiger partial charge in [-0.05, 0) is 34.9 Å². The summed E-state index contributed by atoms with van der Waals surface area (Å²) >= 11 is 1.44. The van der Waals surface area contributed by atoms with Gasteiger partial charge in [0, 0.05) is 12.5 Å². The first-order valence-electron chi connectivity index (χ1n) is 10.2. The Labute approximate surface area is 186 Å². The van der Waals surface area contributed by atoms with Crippen molar-refractivity contribution in [3.8, 4) is 11.1 Å². The van der Waals surface area contributed by atoms with Gasteiger partial charge < -0.3 is 14.8 Å². The number of hydrogen-bond donors (Lipinski definition) is 2. The molecule has 162 valence electrons. The molecular formula is C24H26N2O4S. The minimum atomic E-state index is -0.981. The van der Waals surface area contributed by atoms with Gasteiger partial charge in [0.05, 0.1) is 5.56 Å². The molecule has 0 aliphatic heterocycles. The van der Waals surface area contributed by atoms with E-state index in [1.807, 2.05) is 37.3 Å². The van der Waals surface area contributed by atoms with Crippen molar-refractivity contribution in [3.05, 3.63) is 71.2 Å². The molecule has 1 heterocycles. The lowest BCUT2D eigenvalue weighted by atomic mass is 9.98. The van der Waals surface area contributed by atoms with Gasteiger partial charge in [-0.25, -0.2) is 14.6 Å². The molecule has 1 atom stereocenters. The lowest BCUT2D eigenvalue weighted by molar-refractivity contribution is 0.0675. The van der Waals surface area contributed by atoms with Crippen molar-refractivity contribution in [3.63, 3.8) is 0 Å². The van der Waals surface area contributed by atoms with Crippen LogP contribution in [0.15, 0.2) is 53.6 Å². The molecule has 3 aromatic rings. The standard InChI is InChI=1S/C24H26N2O4S/c1-4-15(3)21-25-22(31-5-2)20(24(29)30)26(21)14-16-10-12-17(13-11-16)18-8-6-7-9-19(18)23(27)28/h6-13,15H,4-5,14H2,1-3H3,(H,27,28)(H,29,30). The quantitative estimate of drug-likeness (QED) is 0.421. The predicted molar refractivity (Wildman–Crippen MR) is 122 cm³/mol. The molecule has 3 rings (SSSR count). The number of imidazole rings is 1. The number of rotatable bonds is 9. The van der Waals surface area contributed by atoms with Crippen LogP contribution in [0.5, 0.6) is 0 Å². The van der Waals surface area contributed by atoms with E-state index in [2.05, 4.69) is 18.8 Å². The van der Waals surface area contributed by atoms with E-state index in [9.17, 15) is 19.8 Å². The summed E-state index contributed by atoms with van der Waals surface area (Å²) in [5.74, 6) is -0.301. The first-order valence-corrected chi connectivity index (χ1v) is 11.2. The summed E-state index contributed by atoms with van der Waals surface area (Å²) in [5.41, 5.74) is 2.85. The molecule has 0 bridgehead atoms. The van der Waals surface area contributed by atoms with Crippen LogP contribution in [0.25, 0.3) is 11.1 Å². The molecule has 1 unspecified atom stereocenters. The monoisotopic (exact) mass is 438 g/mol. The largest absolute Gasteiger partial charge is 0.478 e. The number of aromatic carboxylic acids is 2. The Balaban J connectivity index is 2.00. The van der Waals surface area contributed by atoms with Gasteiger partial charge in [0.1, 0.15) is 10.9 Å². The maximum Gasteiger partial charge on any atom is 0.355 e. The highest BCUT2D eigenvalue weighted by Gasteiger charge is 2.25. The zero-order valence-electron chi connectivity index (χ0n) is 17.8. The molecule has 0 saturated carbocycles. The number of benzene rings is 2. The van der Waals surface area contributed by atoms with Gasteiger partial charge in [-0.1, -0.05) is 63.2 Å². The summed E-state index contributed by atoms with van der Waals surface area (Å²) < 4.78 is 1.80. The summed E-state index contributed by atoms with van der Waals surface area (Å²) in [4.78, 5) is 28.2. The van der Waals surface area contributed by atoms with Crippen LogP contribution in [0, 0.1) is 0 Å². The number of thioether (sulfide) groups is 1. The number of carbonyl (C=O) groups is 2. The van der Waals surface area contributed by atoms with Crippen LogP contribution < -0.4 is 0 Å². The smallest absolute Gasteiger partial charge is 0.355 e. The van der Waals surface area contributed by atoms with Crippen LogP contribution in [0.1, 0.15) is 65.3 Å². The maximum absolute atomic E-state index is 12.0. The summed E-state index contributed by atoms with van der Waals surface area (Å²) in [5, 5.41) is 19.9. The van der Waals surface area contributed by atoms with Gasteiger partial charge >= 0.3 is 11.9 Å². The van der Waals surface area contributed by atoms with E-state index in [0.717, 1.165) is 29.1 Å². The Bertz CT molecular complexity index is 1090. The average molecular weight is 439 g/mol. The number of carboxylic acids is 2. The fraction of sp³-hybridized carbons (Fsp3) is 0.292. The molecule has 31 heavy (non-hydrogen) atoms. The predicted octanol–water partition coefficient (Wildman–Crippen LogP) is 5.62. The molecule has 6 nitrogen and oxygen atoms in total. The Morgan fingerprint density at radius 2 is 1.71 bits per heavy atom. The molecule has 0 aliphatic rings. The first kappa shape index (κ1) is 22.6. The number of nitrogens with zero attached hydrogens (tertiary/aromatic N) is 2. The lowest BCUT2D eigenvalue weighted by Gasteiger charge is -2.14. The van der Waals surface area contributed by atoms with Crippen molar-refractivity contribution >= 4 is 23.7 Å². The fourth-order valence-electron chi connectivity index (χ4n) is 3.50. The summed E-state index contributed by atoms with van der Waals surface area (Å²) in [6.45, 7) is 6.48. The van der Waals surface area contributed by atoms with Crippen LogP contribution in [0.3, 0.4) is 0 Å². The van der Waals surface area contributed by atoms with Gasteiger partial charge in [-0.2, -0.15) is 0 Å². The Morgan fingerprint density at radius 1 is 1.03 bits per heavy atom. The second kappa shape index (κ2) is 9.83. The van der Waals surface area contributed by atoms with Crippen LogP contribution in [0.2, 0.25) is 0 Å². The summed E-state index contributed by atoms with van der Waals surface area (Å²) in [7, 11) is 0. The first-order chi connectivity index (χ1) is 14.9. The molecule has 2 aromatic carbocycles. The summed E-state index contributed by atoms with van der Waals surface area (Å²) in [6, 6.07) is 14.5. The van der Waals surface area contributed by atoms with Gasteiger partial charge in [-0.15, -0.1) is 11.8 Å². The van der Waals surface area contributed by atoms with E-state index in [-0.39, 0.29) is 17.2 Å². The molecule has 2 N–H and O–H groups in total. The third kappa shape index (κ3) is 4.82. The van der Waals surface area contributed by atoms with Gasteiger partial charge in [-0.3, -0.25) is 0 Å². The number of carboxylic acid groups (broad SMARTS) is 2. The SMILES string of the molecule is CCSc1nc(C(C)CC)n(Cc2ccc(-c3ccccc3C(=O)O)cc2)c1C(=O)O. The van der Waals surface area contributed by atoms with E-state index in [4.69, 9.17) is 0 Å². The topological polar surface area (TPSA) is 92.4 Å². The highest BCUT2D eigenvalue weighted by Crippen LogP contribution is 2.30. The summed E-state index contributed by atoms with van der Waals surface area (Å²) in [6.07, 6.45) is 0.858. The number of hydrogen-bond acceptors (Lipinski definition) is 4. The highest BCUT2D eigenvalue weighted by atomic mass is 32.2. The highest BCUT2D eigenvalue weighted by molar-refractivity contribution is 7.99. The van der Waals surface area contributed by atoms with E-state index in [1.54, 1.807) is 22.8 Å². The van der Waals surface area contributed by atoms with E-state index in [0.29, 0.717) is 17.1 Å². The fourth-order valence-corrected chi connectivity index (χ4v) is 4.27. The molecule has 0 aliphatic carbocycles. The second-order valence-electron chi connectivity index (χ2n) is 7.31. The second-order valence-corrected chi connectivity index (χ2v) is 8.56. The third-order valence-electron chi connectivity index (χ3n) is 5.27. The Kier molecular flexibility index (Phi) is 7.17. The van der Waals surface area contributed by atoms with Crippen LogP contribution in [0.4, 0.5) is 0 Å². The van der Waals surface area contributed by atoms with E-state index >= 15 is 0 Å². The third-order valence-corrected chi connectivity index (χ3v) is 6.11. The molecule has 0 saturated heterocycles. The minimum Gasteiger partial charge on any atom is -0.478 e. The minimum absolute atomic E-state index is 0.131. The molecule has 7 heteroatoms.